The summed E-state index contributed by atoms with van der Waals surface area (Å²) < 4.78 is 0. The number of aryl methyl sites for hydroxylation is 1. The number of nitrogens with one attached hydrogen (secondary N) is 1. The Morgan fingerprint density at radius 2 is 1.90 bits per heavy atom. The molecule has 2 nitrogen and oxygen atoms in total. The number of benzene rings is 2. The Labute approximate surface area is 129 Å². The third kappa shape index (κ3) is 3.01. The molecule has 0 aliphatic heterocycles. The molecule has 0 radical (unpaired) electrons. The van der Waals surface area contributed by atoms with Gasteiger partial charge >= 0.3 is 0 Å². The minimum Gasteiger partial charge on any atom is -0.381 e. The van der Waals surface area contributed by atoms with Gasteiger partial charge in [-0.15, -0.1) is 0 Å². The summed E-state index contributed by atoms with van der Waals surface area (Å²) in [7, 11) is 0. The van der Waals surface area contributed by atoms with Crippen molar-refractivity contribution in [2.24, 2.45) is 0 Å². The second-order valence-corrected chi connectivity index (χ2v) is 5.65. The van der Waals surface area contributed by atoms with Crippen molar-refractivity contribution in [3.8, 4) is 0 Å². The molecule has 0 saturated carbocycles. The Balaban J connectivity index is 1.82. The number of halogens is 1. The summed E-state index contributed by atoms with van der Waals surface area (Å²) >= 11 is 6.14. The molecule has 0 spiro atoms. The van der Waals surface area contributed by atoms with E-state index in [-0.39, 0.29) is 0 Å². The molecule has 3 aromatic rings. The van der Waals surface area contributed by atoms with E-state index in [0.29, 0.717) is 0 Å². The van der Waals surface area contributed by atoms with Crippen LogP contribution < -0.4 is 5.32 Å². The van der Waals surface area contributed by atoms with Crippen molar-refractivity contribution in [1.29, 1.82) is 0 Å². The van der Waals surface area contributed by atoms with E-state index in [1.54, 1.807) is 0 Å². The normalized spacial score (nSPS) is 10.8. The van der Waals surface area contributed by atoms with Crippen LogP contribution in [0.25, 0.3) is 10.9 Å². The highest BCUT2D eigenvalue weighted by molar-refractivity contribution is 6.31. The first kappa shape index (κ1) is 13.9. The summed E-state index contributed by atoms with van der Waals surface area (Å²) in [6.07, 6.45) is 0. The van der Waals surface area contributed by atoms with Crippen molar-refractivity contribution in [2.75, 3.05) is 5.32 Å². The fourth-order valence-corrected chi connectivity index (χ4v) is 2.56. The van der Waals surface area contributed by atoms with Gasteiger partial charge in [-0.3, -0.25) is 4.98 Å². The minimum absolute atomic E-state index is 0.769. The molecule has 0 aliphatic rings. The van der Waals surface area contributed by atoms with Crippen LogP contribution in [0.1, 0.15) is 16.8 Å². The summed E-state index contributed by atoms with van der Waals surface area (Å²) in [6.45, 7) is 4.81. The molecule has 0 unspecified atom stereocenters. The second kappa shape index (κ2) is 5.74. The van der Waals surface area contributed by atoms with Crippen molar-refractivity contribution >= 4 is 28.2 Å². The van der Waals surface area contributed by atoms with Crippen molar-refractivity contribution in [3.63, 3.8) is 0 Å². The number of pyridine rings is 1. The Kier molecular flexibility index (Phi) is 3.80. The number of rotatable bonds is 3. The van der Waals surface area contributed by atoms with Gasteiger partial charge in [-0.1, -0.05) is 29.8 Å². The highest BCUT2D eigenvalue weighted by atomic mass is 35.5. The van der Waals surface area contributed by atoms with Gasteiger partial charge in [-0.25, -0.2) is 0 Å². The average Bonchev–Trinajstić information content (AvgIpc) is 2.49. The van der Waals surface area contributed by atoms with Gasteiger partial charge in [0.05, 0.1) is 5.52 Å². The van der Waals surface area contributed by atoms with E-state index in [9.17, 15) is 0 Å². The van der Waals surface area contributed by atoms with Crippen LogP contribution in [-0.4, -0.2) is 4.98 Å². The lowest BCUT2D eigenvalue weighted by molar-refractivity contribution is 1.14. The summed E-state index contributed by atoms with van der Waals surface area (Å²) in [5.74, 6) is 0. The fourth-order valence-electron chi connectivity index (χ4n) is 2.38. The Hall–Kier alpha value is -2.06. The van der Waals surface area contributed by atoms with E-state index in [0.717, 1.165) is 34.0 Å². The van der Waals surface area contributed by atoms with E-state index in [1.807, 2.05) is 38.1 Å². The van der Waals surface area contributed by atoms with Crippen LogP contribution in [0.5, 0.6) is 0 Å². The summed E-state index contributed by atoms with van der Waals surface area (Å²) in [5, 5.41) is 5.40. The first-order valence-electron chi connectivity index (χ1n) is 6.99. The molecule has 0 atom stereocenters. The number of nitrogens with zero attached hydrogens (tertiary/aromatic N) is 1. The smallest absolute Gasteiger partial charge is 0.0705 e. The molecule has 2 aromatic carbocycles. The van der Waals surface area contributed by atoms with Gasteiger partial charge in [-0.2, -0.15) is 0 Å². The second-order valence-electron chi connectivity index (χ2n) is 5.25. The van der Waals surface area contributed by atoms with Gasteiger partial charge in [0.25, 0.3) is 0 Å². The van der Waals surface area contributed by atoms with Crippen LogP contribution in [0.4, 0.5) is 5.69 Å². The molecular weight excluding hydrogens is 280 g/mol. The van der Waals surface area contributed by atoms with Crippen molar-refractivity contribution in [3.05, 3.63) is 70.4 Å². The lowest BCUT2D eigenvalue weighted by atomic mass is 10.1. The van der Waals surface area contributed by atoms with Gasteiger partial charge in [0.2, 0.25) is 0 Å². The highest BCUT2D eigenvalue weighted by Crippen LogP contribution is 2.24. The SMILES string of the molecule is Cc1ccc2cc(CNc3cccc(Cl)c3C)ccc2n1. The first-order chi connectivity index (χ1) is 10.1. The van der Waals surface area contributed by atoms with Crippen LogP contribution in [0.3, 0.4) is 0 Å². The Morgan fingerprint density at radius 1 is 1.05 bits per heavy atom. The van der Waals surface area contributed by atoms with Gasteiger partial charge in [-0.05, 0) is 55.3 Å². The van der Waals surface area contributed by atoms with Crippen LogP contribution in [0.2, 0.25) is 5.02 Å². The Morgan fingerprint density at radius 3 is 2.76 bits per heavy atom. The zero-order valence-corrected chi connectivity index (χ0v) is 12.9. The molecule has 0 saturated heterocycles. The van der Waals surface area contributed by atoms with E-state index in [1.165, 1.54) is 10.9 Å². The van der Waals surface area contributed by atoms with Gasteiger partial charge < -0.3 is 5.32 Å². The van der Waals surface area contributed by atoms with Gasteiger partial charge in [0.15, 0.2) is 0 Å². The van der Waals surface area contributed by atoms with Crippen molar-refractivity contribution in [1.82, 2.24) is 4.98 Å². The average molecular weight is 297 g/mol. The van der Waals surface area contributed by atoms with Crippen LogP contribution in [0.15, 0.2) is 48.5 Å². The Bertz CT molecular complexity index is 796. The van der Waals surface area contributed by atoms with Gasteiger partial charge in [0, 0.05) is 28.3 Å². The molecule has 1 N–H and O–H groups in total. The van der Waals surface area contributed by atoms with Crippen LogP contribution in [0, 0.1) is 13.8 Å². The predicted octanol–water partition coefficient (Wildman–Crippen LogP) is 5.12. The molecule has 3 rings (SSSR count). The first-order valence-corrected chi connectivity index (χ1v) is 7.36. The lowest BCUT2D eigenvalue weighted by Gasteiger charge is -2.11. The maximum atomic E-state index is 6.14. The maximum Gasteiger partial charge on any atom is 0.0705 e. The third-order valence-corrected chi connectivity index (χ3v) is 4.05. The molecule has 3 heteroatoms. The number of fused-ring (bicyclic) bond motifs is 1. The lowest BCUT2D eigenvalue weighted by Crippen LogP contribution is -2.01. The standard InChI is InChI=1S/C18H17ClN2/c1-12-6-8-15-10-14(7-9-18(15)21-12)11-20-17-5-3-4-16(19)13(17)2/h3-10,20H,11H2,1-2H3. The molecule has 106 valence electrons. The van der Waals surface area contributed by atoms with Crippen LogP contribution >= 0.6 is 11.6 Å². The number of anilines is 1. The minimum atomic E-state index is 0.769. The van der Waals surface area contributed by atoms with E-state index < -0.39 is 0 Å². The number of hydrogen-bond acceptors (Lipinski definition) is 2. The molecule has 1 aromatic heterocycles. The highest BCUT2D eigenvalue weighted by Gasteiger charge is 2.03. The molecule has 1 heterocycles. The molecule has 0 fully saturated rings. The van der Waals surface area contributed by atoms with Gasteiger partial charge in [0.1, 0.15) is 0 Å². The summed E-state index contributed by atoms with van der Waals surface area (Å²) in [6, 6.07) is 16.4. The summed E-state index contributed by atoms with van der Waals surface area (Å²) in [5.41, 5.74) is 5.47. The van der Waals surface area contributed by atoms with Crippen molar-refractivity contribution < 1.29 is 0 Å². The predicted molar refractivity (Wildman–Crippen MR) is 90.0 cm³/mol. The number of hydrogen-bond donors (Lipinski definition) is 1. The molecular formula is C18H17ClN2. The molecule has 0 amide bonds. The topological polar surface area (TPSA) is 24.9 Å². The van der Waals surface area contributed by atoms with E-state index in [4.69, 9.17) is 11.6 Å². The molecule has 21 heavy (non-hydrogen) atoms. The van der Waals surface area contributed by atoms with E-state index >= 15 is 0 Å². The number of aromatic nitrogens is 1. The van der Waals surface area contributed by atoms with Crippen LogP contribution in [-0.2, 0) is 6.54 Å². The monoisotopic (exact) mass is 296 g/mol. The molecule has 0 bridgehead atoms. The van der Waals surface area contributed by atoms with E-state index in [2.05, 4.69) is 34.6 Å². The zero-order chi connectivity index (χ0) is 14.8. The third-order valence-electron chi connectivity index (χ3n) is 3.64. The van der Waals surface area contributed by atoms with Crippen molar-refractivity contribution in [2.45, 2.75) is 20.4 Å². The zero-order valence-electron chi connectivity index (χ0n) is 12.2. The molecule has 0 aliphatic carbocycles. The summed E-state index contributed by atoms with van der Waals surface area (Å²) in [4.78, 5) is 4.52. The quantitative estimate of drug-likeness (QED) is 0.726. The largest absolute Gasteiger partial charge is 0.381 e. The maximum absolute atomic E-state index is 6.14. The fraction of sp³-hybridized carbons (Fsp3) is 0.167.